The van der Waals surface area contributed by atoms with Gasteiger partial charge in [-0.15, -0.1) is 0 Å². The quantitative estimate of drug-likeness (QED) is 0.938. The maximum Gasteiger partial charge on any atom is 0.247 e. The van der Waals surface area contributed by atoms with Crippen LogP contribution in [0, 0.1) is 20.8 Å². The van der Waals surface area contributed by atoms with Crippen LogP contribution in [0.2, 0.25) is 5.02 Å². The van der Waals surface area contributed by atoms with Gasteiger partial charge in [0.2, 0.25) is 5.91 Å². The summed E-state index contributed by atoms with van der Waals surface area (Å²) >= 11 is 6.04. The lowest BCUT2D eigenvalue weighted by molar-refractivity contribution is -0.117. The Kier molecular flexibility index (Phi) is 3.85. The van der Waals surface area contributed by atoms with Gasteiger partial charge in [0.15, 0.2) is 0 Å². The Bertz CT molecular complexity index is 621. The molecule has 100 valence electrons. The monoisotopic (exact) mass is 278 g/mol. The number of aryl methyl sites for hydroxylation is 2. The number of carbonyl (C=O) groups excluding carboxylic acids is 1. The Morgan fingerprint density at radius 3 is 2.74 bits per heavy atom. The third-order valence-corrected chi connectivity index (χ3v) is 3.32. The first-order chi connectivity index (χ1) is 8.97. The van der Waals surface area contributed by atoms with Crippen molar-refractivity contribution in [1.29, 1.82) is 0 Å². The van der Waals surface area contributed by atoms with Gasteiger partial charge in [0.1, 0.15) is 12.4 Å². The van der Waals surface area contributed by atoms with E-state index in [1.54, 1.807) is 10.9 Å². The van der Waals surface area contributed by atoms with Gasteiger partial charge in [0.05, 0.1) is 16.4 Å². The molecule has 1 amide bonds. The SMILES string of the molecule is Cc1ccnc(NC(=O)Cn2nc(C)c(Cl)c2C)c1. The fraction of sp³-hybridized carbons (Fsp3) is 0.308. The van der Waals surface area contributed by atoms with E-state index in [9.17, 15) is 4.79 Å². The summed E-state index contributed by atoms with van der Waals surface area (Å²) in [5.74, 6) is 0.359. The smallest absolute Gasteiger partial charge is 0.247 e. The second kappa shape index (κ2) is 5.40. The molecule has 2 heterocycles. The Hall–Kier alpha value is -1.88. The first kappa shape index (κ1) is 13.5. The molecule has 0 aliphatic rings. The molecule has 0 saturated heterocycles. The summed E-state index contributed by atoms with van der Waals surface area (Å²) in [6, 6.07) is 3.68. The molecule has 1 N–H and O–H groups in total. The lowest BCUT2D eigenvalue weighted by atomic mass is 10.3. The van der Waals surface area contributed by atoms with E-state index in [1.165, 1.54) is 0 Å². The Morgan fingerprint density at radius 1 is 1.42 bits per heavy atom. The molecular weight excluding hydrogens is 264 g/mol. The van der Waals surface area contributed by atoms with Gasteiger partial charge in [0, 0.05) is 6.20 Å². The highest BCUT2D eigenvalue weighted by Gasteiger charge is 2.12. The molecule has 0 fully saturated rings. The van der Waals surface area contributed by atoms with Crippen molar-refractivity contribution < 1.29 is 4.79 Å². The van der Waals surface area contributed by atoms with Crippen LogP contribution in [0.15, 0.2) is 18.3 Å². The number of amides is 1. The molecule has 0 bridgehead atoms. The number of nitrogens with one attached hydrogen (secondary N) is 1. The van der Waals surface area contributed by atoms with Crippen molar-refractivity contribution in [2.45, 2.75) is 27.3 Å². The Labute approximate surface area is 116 Å². The lowest BCUT2D eigenvalue weighted by Crippen LogP contribution is -2.20. The Balaban J connectivity index is 2.07. The molecule has 0 radical (unpaired) electrons. The molecular formula is C13H15ClN4O. The number of carbonyl (C=O) groups is 1. The molecule has 2 aromatic heterocycles. The number of nitrogens with zero attached hydrogens (tertiary/aromatic N) is 3. The number of pyridine rings is 1. The molecule has 0 saturated carbocycles. The van der Waals surface area contributed by atoms with Gasteiger partial charge in [0.25, 0.3) is 0 Å². The summed E-state index contributed by atoms with van der Waals surface area (Å²) in [5.41, 5.74) is 2.55. The van der Waals surface area contributed by atoms with E-state index in [1.807, 2.05) is 32.9 Å². The normalized spacial score (nSPS) is 10.5. The van der Waals surface area contributed by atoms with Gasteiger partial charge < -0.3 is 5.32 Å². The van der Waals surface area contributed by atoms with E-state index in [-0.39, 0.29) is 12.5 Å². The predicted octanol–water partition coefficient (Wildman–Crippen LogP) is 2.50. The van der Waals surface area contributed by atoms with Crippen molar-refractivity contribution in [2.75, 3.05) is 5.32 Å². The van der Waals surface area contributed by atoms with Crippen LogP contribution in [0.4, 0.5) is 5.82 Å². The maximum atomic E-state index is 11.9. The molecule has 5 nitrogen and oxygen atoms in total. The van der Waals surface area contributed by atoms with Gasteiger partial charge >= 0.3 is 0 Å². The summed E-state index contributed by atoms with van der Waals surface area (Å²) in [7, 11) is 0. The van der Waals surface area contributed by atoms with Crippen molar-refractivity contribution in [2.24, 2.45) is 0 Å². The van der Waals surface area contributed by atoms with Gasteiger partial charge in [-0.25, -0.2) is 4.98 Å². The molecule has 2 aromatic rings. The van der Waals surface area contributed by atoms with E-state index in [2.05, 4.69) is 15.4 Å². The van der Waals surface area contributed by atoms with Crippen LogP contribution < -0.4 is 5.32 Å². The average molecular weight is 279 g/mol. The van der Waals surface area contributed by atoms with E-state index < -0.39 is 0 Å². The van der Waals surface area contributed by atoms with Crippen LogP contribution in [0.5, 0.6) is 0 Å². The highest BCUT2D eigenvalue weighted by atomic mass is 35.5. The molecule has 0 atom stereocenters. The standard InChI is InChI=1S/C13H15ClN4O/c1-8-4-5-15-11(6-8)16-12(19)7-18-10(3)13(14)9(2)17-18/h4-6H,7H2,1-3H3,(H,15,16,19). The van der Waals surface area contributed by atoms with Crippen molar-refractivity contribution in [3.05, 3.63) is 40.3 Å². The van der Waals surface area contributed by atoms with Gasteiger partial charge in [-0.3, -0.25) is 9.48 Å². The second-order valence-electron chi connectivity index (χ2n) is 4.41. The van der Waals surface area contributed by atoms with Crippen molar-refractivity contribution >= 4 is 23.3 Å². The highest BCUT2D eigenvalue weighted by molar-refractivity contribution is 6.31. The summed E-state index contributed by atoms with van der Waals surface area (Å²) in [6.45, 7) is 5.71. The number of anilines is 1. The lowest BCUT2D eigenvalue weighted by Gasteiger charge is -2.06. The Morgan fingerprint density at radius 2 is 2.16 bits per heavy atom. The van der Waals surface area contributed by atoms with E-state index in [0.717, 1.165) is 17.0 Å². The van der Waals surface area contributed by atoms with Gasteiger partial charge in [-0.2, -0.15) is 5.10 Å². The number of halogens is 1. The molecule has 0 unspecified atom stereocenters. The van der Waals surface area contributed by atoms with Crippen LogP contribution in [0.3, 0.4) is 0 Å². The zero-order chi connectivity index (χ0) is 14.0. The minimum absolute atomic E-state index is 0.120. The van der Waals surface area contributed by atoms with E-state index in [4.69, 9.17) is 11.6 Å². The minimum Gasteiger partial charge on any atom is -0.309 e. The molecule has 0 aliphatic carbocycles. The molecule has 19 heavy (non-hydrogen) atoms. The van der Waals surface area contributed by atoms with Crippen LogP contribution >= 0.6 is 11.6 Å². The first-order valence-corrected chi connectivity index (χ1v) is 6.27. The van der Waals surface area contributed by atoms with Crippen LogP contribution in [0.1, 0.15) is 17.0 Å². The largest absolute Gasteiger partial charge is 0.309 e. The van der Waals surface area contributed by atoms with E-state index >= 15 is 0 Å². The van der Waals surface area contributed by atoms with Crippen LogP contribution in [0.25, 0.3) is 0 Å². The molecule has 0 aliphatic heterocycles. The number of hydrogen-bond donors (Lipinski definition) is 1. The molecule has 6 heteroatoms. The molecule has 0 spiro atoms. The van der Waals surface area contributed by atoms with Gasteiger partial charge in [-0.1, -0.05) is 11.6 Å². The third kappa shape index (κ3) is 3.12. The second-order valence-corrected chi connectivity index (χ2v) is 4.79. The zero-order valence-electron chi connectivity index (χ0n) is 11.1. The van der Waals surface area contributed by atoms with Gasteiger partial charge in [-0.05, 0) is 38.5 Å². The van der Waals surface area contributed by atoms with E-state index in [0.29, 0.717) is 10.8 Å². The summed E-state index contributed by atoms with van der Waals surface area (Å²) < 4.78 is 1.59. The van der Waals surface area contributed by atoms with Crippen molar-refractivity contribution in [3.63, 3.8) is 0 Å². The number of rotatable bonds is 3. The molecule has 2 rings (SSSR count). The van der Waals surface area contributed by atoms with Crippen molar-refractivity contribution in [1.82, 2.24) is 14.8 Å². The summed E-state index contributed by atoms with van der Waals surface area (Å²) in [4.78, 5) is 16.0. The minimum atomic E-state index is -0.180. The predicted molar refractivity (Wildman–Crippen MR) is 74.3 cm³/mol. The summed E-state index contributed by atoms with van der Waals surface area (Å²) in [5, 5.41) is 7.54. The average Bonchev–Trinajstić information content (AvgIpc) is 2.57. The topological polar surface area (TPSA) is 59.8 Å². The third-order valence-electron chi connectivity index (χ3n) is 2.77. The van der Waals surface area contributed by atoms with Crippen LogP contribution in [-0.4, -0.2) is 20.7 Å². The highest BCUT2D eigenvalue weighted by Crippen LogP contribution is 2.18. The number of hydrogen-bond acceptors (Lipinski definition) is 3. The fourth-order valence-electron chi connectivity index (χ4n) is 1.75. The zero-order valence-corrected chi connectivity index (χ0v) is 11.8. The first-order valence-electron chi connectivity index (χ1n) is 5.89. The fourth-order valence-corrected chi connectivity index (χ4v) is 1.89. The maximum absolute atomic E-state index is 11.9. The van der Waals surface area contributed by atoms with Crippen molar-refractivity contribution in [3.8, 4) is 0 Å². The summed E-state index contributed by atoms with van der Waals surface area (Å²) in [6.07, 6.45) is 1.66. The van der Waals surface area contributed by atoms with Crippen LogP contribution in [-0.2, 0) is 11.3 Å². The number of aromatic nitrogens is 3. The molecule has 0 aromatic carbocycles.